The molecule has 1 aliphatic rings. The van der Waals surface area contributed by atoms with Gasteiger partial charge in [0.05, 0.1) is 12.0 Å². The van der Waals surface area contributed by atoms with Gasteiger partial charge in [-0.2, -0.15) is 0 Å². The van der Waals surface area contributed by atoms with Crippen LogP contribution in [0.25, 0.3) is 0 Å². The van der Waals surface area contributed by atoms with Crippen LogP contribution in [0.1, 0.15) is 29.3 Å². The zero-order valence-corrected chi connectivity index (χ0v) is 7.12. The van der Waals surface area contributed by atoms with Gasteiger partial charge >= 0.3 is 5.78 Å². The Morgan fingerprint density at radius 1 is 1.00 bits per heavy atom. The summed E-state index contributed by atoms with van der Waals surface area (Å²) in [5.74, 6) is 1.17. The molecule has 1 aliphatic heterocycles. The highest BCUT2D eigenvalue weighted by Gasteiger charge is 2.18. The Labute approximate surface area is 72.7 Å². The van der Waals surface area contributed by atoms with Crippen molar-refractivity contribution in [2.24, 2.45) is 0 Å². The maximum Gasteiger partial charge on any atom is 0.326 e. The van der Waals surface area contributed by atoms with Crippen molar-refractivity contribution in [2.75, 3.05) is 6.61 Å². The van der Waals surface area contributed by atoms with E-state index >= 15 is 0 Å². The molecule has 1 aromatic carbocycles. The Hall–Kier alpha value is -1.11. The summed E-state index contributed by atoms with van der Waals surface area (Å²) >= 11 is 0. The van der Waals surface area contributed by atoms with Gasteiger partial charge in [-0.25, -0.2) is 0 Å². The molecule has 0 unspecified atom stereocenters. The predicted octanol–water partition coefficient (Wildman–Crippen LogP) is 2.59. The highest BCUT2D eigenvalue weighted by molar-refractivity contribution is 5.96. The normalized spacial score (nSPS) is 17.2. The molecule has 1 nitrogen and oxygen atoms in total. The Balaban J connectivity index is 2.24. The number of hydrogen-bond donors (Lipinski definition) is 0. The minimum atomic E-state index is 0.893. The Bertz CT molecular complexity index is 274. The van der Waals surface area contributed by atoms with E-state index < -0.39 is 0 Å². The van der Waals surface area contributed by atoms with Gasteiger partial charge in [-0.15, -0.1) is 0 Å². The second kappa shape index (κ2) is 3.53. The van der Waals surface area contributed by atoms with Crippen LogP contribution >= 0.6 is 0 Å². The summed E-state index contributed by atoms with van der Waals surface area (Å²) in [6.07, 6.45) is 3.57. The molecule has 1 aromatic rings. The predicted molar refractivity (Wildman–Crippen MR) is 49.5 cm³/mol. The first-order valence-corrected chi connectivity index (χ1v) is 4.51. The van der Waals surface area contributed by atoms with Crippen molar-refractivity contribution in [3.63, 3.8) is 0 Å². The lowest BCUT2D eigenvalue weighted by Crippen LogP contribution is -2.07. The van der Waals surface area contributed by atoms with E-state index in [0.717, 1.165) is 13.0 Å². The van der Waals surface area contributed by atoms with E-state index in [2.05, 4.69) is 24.3 Å². The maximum atomic E-state index is 5.58. The molecular formula is C11H13O+. The second-order valence-corrected chi connectivity index (χ2v) is 3.09. The molecule has 0 fully saturated rings. The van der Waals surface area contributed by atoms with Crippen molar-refractivity contribution in [2.45, 2.75) is 19.3 Å². The first-order chi connectivity index (χ1) is 5.97. The van der Waals surface area contributed by atoms with E-state index in [1.807, 2.05) is 6.07 Å². The van der Waals surface area contributed by atoms with E-state index in [0.29, 0.717) is 0 Å². The lowest BCUT2D eigenvalue weighted by Gasteiger charge is -2.00. The number of rotatable bonds is 1. The van der Waals surface area contributed by atoms with Crippen LogP contribution < -0.4 is 0 Å². The highest BCUT2D eigenvalue weighted by Crippen LogP contribution is 2.12. The summed E-state index contributed by atoms with van der Waals surface area (Å²) in [5.41, 5.74) is 1.25. The minimum Gasteiger partial charge on any atom is -0.259 e. The fourth-order valence-electron chi connectivity index (χ4n) is 1.51. The number of ketones is 1. The molecule has 0 N–H and O–H groups in total. The Morgan fingerprint density at radius 3 is 2.50 bits per heavy atom. The van der Waals surface area contributed by atoms with Gasteiger partial charge in [-0.3, -0.25) is 4.42 Å². The van der Waals surface area contributed by atoms with Gasteiger partial charge in [0.25, 0.3) is 6.61 Å². The van der Waals surface area contributed by atoms with Crippen LogP contribution in [-0.4, -0.2) is 12.4 Å². The highest BCUT2D eigenvalue weighted by atomic mass is 16.4. The maximum absolute atomic E-state index is 5.58. The zero-order valence-electron chi connectivity index (χ0n) is 7.12. The first-order valence-electron chi connectivity index (χ1n) is 4.51. The topological polar surface area (TPSA) is 11.3 Å². The molecule has 0 bridgehead atoms. The van der Waals surface area contributed by atoms with Crippen LogP contribution in [0.15, 0.2) is 30.3 Å². The molecule has 0 atom stereocenters. The summed E-state index contributed by atoms with van der Waals surface area (Å²) in [4.78, 5) is 0. The molecule has 0 aliphatic carbocycles. The molecule has 0 spiro atoms. The third-order valence-corrected chi connectivity index (χ3v) is 2.17. The lowest BCUT2D eigenvalue weighted by molar-refractivity contribution is -0.278. The van der Waals surface area contributed by atoms with E-state index in [9.17, 15) is 0 Å². The van der Waals surface area contributed by atoms with Gasteiger partial charge in [0.15, 0.2) is 0 Å². The molecule has 0 saturated heterocycles. The quantitative estimate of drug-likeness (QED) is 0.561. The van der Waals surface area contributed by atoms with Crippen molar-refractivity contribution in [3.05, 3.63) is 35.9 Å². The lowest BCUT2D eigenvalue weighted by atomic mass is 10.0. The SMILES string of the molecule is c1ccc(C2=[O+]CCCC2)cc1. The van der Waals surface area contributed by atoms with E-state index in [1.165, 1.54) is 24.2 Å². The average Bonchev–Trinajstić information content (AvgIpc) is 2.21. The molecule has 1 heterocycles. The summed E-state index contributed by atoms with van der Waals surface area (Å²) in [6, 6.07) is 10.4. The Kier molecular flexibility index (Phi) is 2.21. The van der Waals surface area contributed by atoms with Gasteiger partial charge in [-0.05, 0) is 18.6 Å². The van der Waals surface area contributed by atoms with Crippen LogP contribution in [0, 0.1) is 0 Å². The van der Waals surface area contributed by atoms with Gasteiger partial charge in [0, 0.05) is 6.42 Å². The molecule has 12 heavy (non-hydrogen) atoms. The van der Waals surface area contributed by atoms with Crippen molar-refractivity contribution in [3.8, 4) is 0 Å². The standard InChI is InChI=1S/C11H13O/c1-2-6-10(7-3-1)11-8-4-5-9-12-11/h1-3,6-7H,4-5,8-9H2/q+1. The number of benzene rings is 1. The minimum absolute atomic E-state index is 0.893. The first kappa shape index (κ1) is 7.53. The van der Waals surface area contributed by atoms with Crippen molar-refractivity contribution < 1.29 is 4.42 Å². The Morgan fingerprint density at radius 2 is 1.83 bits per heavy atom. The van der Waals surface area contributed by atoms with Crippen molar-refractivity contribution >= 4 is 5.78 Å². The molecule has 0 radical (unpaired) electrons. The van der Waals surface area contributed by atoms with Gasteiger partial charge in [-0.1, -0.05) is 18.2 Å². The van der Waals surface area contributed by atoms with E-state index in [1.54, 1.807) is 0 Å². The van der Waals surface area contributed by atoms with Crippen LogP contribution in [0.3, 0.4) is 0 Å². The van der Waals surface area contributed by atoms with E-state index in [4.69, 9.17) is 4.42 Å². The molecule has 0 amide bonds. The number of hydrogen-bond acceptors (Lipinski definition) is 0. The average molecular weight is 161 g/mol. The second-order valence-electron chi connectivity index (χ2n) is 3.09. The monoisotopic (exact) mass is 161 g/mol. The van der Waals surface area contributed by atoms with Crippen molar-refractivity contribution in [1.29, 1.82) is 0 Å². The summed E-state index contributed by atoms with van der Waals surface area (Å²) in [5, 5.41) is 0. The summed E-state index contributed by atoms with van der Waals surface area (Å²) in [6.45, 7) is 0.893. The van der Waals surface area contributed by atoms with Crippen LogP contribution in [-0.2, 0) is 0 Å². The van der Waals surface area contributed by atoms with Crippen LogP contribution in [0.4, 0.5) is 0 Å². The largest absolute Gasteiger partial charge is 0.326 e. The summed E-state index contributed by atoms with van der Waals surface area (Å²) < 4.78 is 5.58. The zero-order chi connectivity index (χ0) is 8.23. The fraction of sp³-hybridized carbons (Fsp3) is 0.364. The van der Waals surface area contributed by atoms with Gasteiger partial charge in [0.2, 0.25) is 0 Å². The third-order valence-electron chi connectivity index (χ3n) is 2.17. The van der Waals surface area contributed by atoms with Gasteiger partial charge < -0.3 is 0 Å². The molecule has 62 valence electrons. The molecule has 0 saturated carbocycles. The van der Waals surface area contributed by atoms with Crippen LogP contribution in [0.2, 0.25) is 0 Å². The van der Waals surface area contributed by atoms with E-state index in [-0.39, 0.29) is 0 Å². The smallest absolute Gasteiger partial charge is 0.259 e. The third kappa shape index (κ3) is 1.55. The van der Waals surface area contributed by atoms with Crippen LogP contribution in [0.5, 0.6) is 0 Å². The molecule has 0 aromatic heterocycles. The number of carbonyl (C=O) groups excluding carboxylic acids is 1. The molecular weight excluding hydrogens is 148 g/mol. The summed E-state index contributed by atoms with van der Waals surface area (Å²) in [7, 11) is 0. The van der Waals surface area contributed by atoms with Gasteiger partial charge in [0.1, 0.15) is 0 Å². The fourth-order valence-corrected chi connectivity index (χ4v) is 1.51. The molecule has 1 heteroatoms. The van der Waals surface area contributed by atoms with Crippen molar-refractivity contribution in [1.82, 2.24) is 0 Å². The molecule has 2 rings (SSSR count).